The number of aromatic nitrogens is 3. The van der Waals surface area contributed by atoms with Crippen LogP contribution in [0.5, 0.6) is 5.75 Å². The average Bonchev–Trinajstić information content (AvgIpc) is 3.67. The molecule has 0 fully saturated rings. The van der Waals surface area contributed by atoms with Crippen LogP contribution in [0.1, 0.15) is 23.2 Å². The summed E-state index contributed by atoms with van der Waals surface area (Å²) in [5.74, 6) is -4.78. The molecule has 45 heavy (non-hydrogen) atoms. The third kappa shape index (κ3) is 8.90. The van der Waals surface area contributed by atoms with E-state index in [0.29, 0.717) is 11.3 Å². The summed E-state index contributed by atoms with van der Waals surface area (Å²) in [6, 6.07) is 7.94. The lowest BCUT2D eigenvalue weighted by atomic mass is 10.0. The number of hydrogen-bond acceptors (Lipinski definition) is 8. The number of nitrogens with one attached hydrogen (secondary N) is 5. The second-order valence-corrected chi connectivity index (χ2v) is 10.5. The highest BCUT2D eigenvalue weighted by Gasteiger charge is 2.32. The number of aliphatic carboxylic acids is 1. The van der Waals surface area contributed by atoms with Crippen LogP contribution in [0, 0.1) is 0 Å². The summed E-state index contributed by atoms with van der Waals surface area (Å²) in [7, 11) is 0. The van der Waals surface area contributed by atoms with Crippen molar-refractivity contribution < 1.29 is 34.2 Å². The van der Waals surface area contributed by atoms with E-state index in [1.54, 1.807) is 6.20 Å². The van der Waals surface area contributed by atoms with Gasteiger partial charge in [0.15, 0.2) is 0 Å². The number of aromatic hydroxyl groups is 1. The molecule has 0 aliphatic heterocycles. The topological polar surface area (TPSA) is 258 Å². The van der Waals surface area contributed by atoms with Gasteiger partial charge in [-0.3, -0.25) is 19.2 Å². The Kier molecular flexibility index (Phi) is 10.5. The minimum absolute atomic E-state index is 0.0189. The molecular weight excluding hydrogens is 584 g/mol. The van der Waals surface area contributed by atoms with Crippen molar-refractivity contribution in [3.8, 4) is 5.75 Å². The van der Waals surface area contributed by atoms with Crippen LogP contribution in [0.3, 0.4) is 0 Å². The summed E-state index contributed by atoms with van der Waals surface area (Å²) in [6.45, 7) is 0. The number of phenolic OH excluding ortho intramolecular Hbond substituents is 1. The van der Waals surface area contributed by atoms with Crippen molar-refractivity contribution in [3.63, 3.8) is 0 Å². The van der Waals surface area contributed by atoms with E-state index < -0.39 is 60.2 Å². The number of benzene rings is 2. The molecule has 0 saturated carbocycles. The number of amides is 4. The molecule has 2 aromatic heterocycles. The van der Waals surface area contributed by atoms with Crippen LogP contribution in [-0.4, -0.2) is 78.9 Å². The Labute approximate surface area is 256 Å². The van der Waals surface area contributed by atoms with Crippen molar-refractivity contribution >= 4 is 40.5 Å². The number of fused-ring (bicyclic) bond motifs is 1. The van der Waals surface area contributed by atoms with Crippen LogP contribution in [0.25, 0.3) is 10.9 Å². The maximum atomic E-state index is 13.5. The predicted octanol–water partition coefficient (Wildman–Crippen LogP) is -0.634. The smallest absolute Gasteiger partial charge is 0.326 e. The van der Waals surface area contributed by atoms with Gasteiger partial charge in [0.1, 0.15) is 23.9 Å². The SMILES string of the molecule is NC(=O)CC(NC(=O)C(Cc1cnc[nH]1)NC(=O)C(N)Cc1c[nH]c2ccccc12)C(=O)NC(Cc1ccc(O)cc1)C(=O)O. The molecule has 0 saturated heterocycles. The molecule has 236 valence electrons. The highest BCUT2D eigenvalue weighted by molar-refractivity contribution is 5.96. The lowest BCUT2D eigenvalue weighted by Crippen LogP contribution is -2.58. The van der Waals surface area contributed by atoms with Gasteiger partial charge in [-0.2, -0.15) is 0 Å². The summed E-state index contributed by atoms with van der Waals surface area (Å²) < 4.78 is 0. The van der Waals surface area contributed by atoms with Gasteiger partial charge in [0.2, 0.25) is 23.6 Å². The molecule has 4 atom stereocenters. The first-order valence-corrected chi connectivity index (χ1v) is 14.0. The van der Waals surface area contributed by atoms with E-state index in [0.717, 1.165) is 16.5 Å². The number of para-hydroxylation sites is 1. The highest BCUT2D eigenvalue weighted by atomic mass is 16.4. The first-order chi connectivity index (χ1) is 21.5. The fourth-order valence-electron chi connectivity index (χ4n) is 4.76. The van der Waals surface area contributed by atoms with Gasteiger partial charge >= 0.3 is 5.97 Å². The van der Waals surface area contributed by atoms with Crippen molar-refractivity contribution in [2.24, 2.45) is 11.5 Å². The van der Waals surface area contributed by atoms with Crippen LogP contribution < -0.4 is 27.4 Å². The number of nitrogens with two attached hydrogens (primary N) is 2. The monoisotopic (exact) mass is 618 g/mol. The van der Waals surface area contributed by atoms with Crippen molar-refractivity contribution in [2.45, 2.75) is 49.9 Å². The average molecular weight is 619 g/mol. The quantitative estimate of drug-likeness (QED) is 0.0820. The Balaban J connectivity index is 1.47. The zero-order chi connectivity index (χ0) is 32.5. The molecule has 4 unspecified atom stereocenters. The molecule has 2 aromatic carbocycles. The van der Waals surface area contributed by atoms with E-state index in [1.807, 2.05) is 24.3 Å². The number of phenols is 1. The first kappa shape index (κ1) is 32.2. The van der Waals surface area contributed by atoms with E-state index in [-0.39, 0.29) is 25.0 Å². The number of primary amides is 1. The van der Waals surface area contributed by atoms with Crippen LogP contribution in [0.15, 0.2) is 67.3 Å². The molecule has 2 heterocycles. The standard InChI is InChI=1S/C30H34N8O7/c31-21(10-17-13-34-22-4-2-1-3-20(17)22)27(41)36-23(11-18-14-33-15-35-18)28(42)37-24(12-26(32)40)29(43)38-25(30(44)45)9-16-5-7-19(39)8-6-16/h1-8,13-15,21,23-25,34,39H,9-12,31H2,(H2,32,40)(H,33,35)(H,36,41)(H,37,42)(H,38,43)(H,44,45). The Morgan fingerprint density at radius 3 is 2.16 bits per heavy atom. The molecule has 0 spiro atoms. The maximum absolute atomic E-state index is 13.5. The maximum Gasteiger partial charge on any atom is 0.326 e. The molecule has 0 radical (unpaired) electrons. The molecule has 0 aliphatic carbocycles. The zero-order valence-electron chi connectivity index (χ0n) is 24.0. The molecule has 4 rings (SSSR count). The molecular formula is C30H34N8O7. The second-order valence-electron chi connectivity index (χ2n) is 10.5. The Bertz CT molecular complexity index is 1650. The first-order valence-electron chi connectivity index (χ1n) is 14.0. The van der Waals surface area contributed by atoms with Gasteiger partial charge in [0.05, 0.1) is 18.8 Å². The largest absolute Gasteiger partial charge is 0.508 e. The number of carbonyl (C=O) groups is 5. The number of aromatic amines is 2. The van der Waals surface area contributed by atoms with Gasteiger partial charge in [-0.25, -0.2) is 9.78 Å². The van der Waals surface area contributed by atoms with Crippen molar-refractivity contribution in [3.05, 3.63) is 84.1 Å². The van der Waals surface area contributed by atoms with Crippen LogP contribution >= 0.6 is 0 Å². The third-order valence-corrected chi connectivity index (χ3v) is 7.09. The number of hydrogen-bond donors (Lipinski definition) is 9. The number of rotatable bonds is 15. The molecule has 4 aromatic rings. The molecule has 4 amide bonds. The van der Waals surface area contributed by atoms with Crippen molar-refractivity contribution in [2.75, 3.05) is 0 Å². The Hall–Kier alpha value is -5.70. The van der Waals surface area contributed by atoms with E-state index in [9.17, 15) is 34.2 Å². The molecule has 0 bridgehead atoms. The normalized spacial score (nSPS) is 13.7. The number of H-pyrrole nitrogens is 2. The number of carboxylic acid groups (broad SMARTS) is 1. The number of carboxylic acids is 1. The molecule has 15 heteroatoms. The lowest BCUT2D eigenvalue weighted by Gasteiger charge is -2.24. The summed E-state index contributed by atoms with van der Waals surface area (Å²) in [6.07, 6.45) is 3.90. The van der Waals surface area contributed by atoms with E-state index in [1.165, 1.54) is 36.8 Å². The van der Waals surface area contributed by atoms with E-state index >= 15 is 0 Å². The summed E-state index contributed by atoms with van der Waals surface area (Å²) in [4.78, 5) is 73.4. The third-order valence-electron chi connectivity index (χ3n) is 7.09. The molecule has 0 aliphatic rings. The zero-order valence-corrected chi connectivity index (χ0v) is 24.0. The van der Waals surface area contributed by atoms with Gasteiger partial charge < -0.3 is 47.6 Å². The fourth-order valence-corrected chi connectivity index (χ4v) is 4.76. The number of imidazole rings is 1. The predicted molar refractivity (Wildman–Crippen MR) is 161 cm³/mol. The number of carbonyl (C=O) groups excluding carboxylic acids is 4. The van der Waals surface area contributed by atoms with Crippen LogP contribution in [0.2, 0.25) is 0 Å². The van der Waals surface area contributed by atoms with E-state index in [4.69, 9.17) is 11.5 Å². The number of nitrogens with zero attached hydrogens (tertiary/aromatic N) is 1. The minimum Gasteiger partial charge on any atom is -0.508 e. The minimum atomic E-state index is -1.56. The molecule has 15 nitrogen and oxygen atoms in total. The van der Waals surface area contributed by atoms with Crippen molar-refractivity contribution in [1.82, 2.24) is 30.9 Å². The summed E-state index contributed by atoms with van der Waals surface area (Å²) in [5, 5.41) is 27.4. The van der Waals surface area contributed by atoms with Gasteiger partial charge in [0, 0.05) is 41.8 Å². The summed E-state index contributed by atoms with van der Waals surface area (Å²) >= 11 is 0. The van der Waals surface area contributed by atoms with Gasteiger partial charge in [-0.15, -0.1) is 0 Å². The van der Waals surface area contributed by atoms with E-state index in [2.05, 4.69) is 30.9 Å². The van der Waals surface area contributed by atoms with Gasteiger partial charge in [0.25, 0.3) is 0 Å². The fraction of sp³-hybridized carbons (Fsp3) is 0.267. The van der Waals surface area contributed by atoms with Crippen LogP contribution in [0.4, 0.5) is 0 Å². The lowest BCUT2D eigenvalue weighted by molar-refractivity contribution is -0.142. The highest BCUT2D eigenvalue weighted by Crippen LogP contribution is 2.19. The van der Waals surface area contributed by atoms with Gasteiger partial charge in [-0.1, -0.05) is 30.3 Å². The molecule has 11 N–H and O–H groups in total. The Morgan fingerprint density at radius 2 is 1.49 bits per heavy atom. The van der Waals surface area contributed by atoms with Crippen LogP contribution in [-0.2, 0) is 43.2 Å². The van der Waals surface area contributed by atoms with Crippen molar-refractivity contribution in [1.29, 1.82) is 0 Å². The summed E-state index contributed by atoms with van der Waals surface area (Å²) in [5.41, 5.74) is 14.2. The second kappa shape index (κ2) is 14.7. The van der Waals surface area contributed by atoms with Gasteiger partial charge in [-0.05, 0) is 35.7 Å². The Morgan fingerprint density at radius 1 is 0.822 bits per heavy atom.